The maximum absolute atomic E-state index is 4.28. The van der Waals surface area contributed by atoms with E-state index in [1.165, 1.54) is 9.75 Å². The van der Waals surface area contributed by atoms with Gasteiger partial charge < -0.3 is 5.32 Å². The molecular formula is C12H18N4S. The second-order valence-corrected chi connectivity index (χ2v) is 4.91. The molecule has 1 N–H and O–H groups in total. The van der Waals surface area contributed by atoms with Crippen LogP contribution in [0.4, 0.5) is 5.95 Å². The highest BCUT2D eigenvalue weighted by Crippen LogP contribution is 2.28. The first-order chi connectivity index (χ1) is 8.30. The average Bonchev–Trinajstić information content (AvgIpc) is 2.94. The number of thiophene rings is 1. The Hall–Kier alpha value is -1.36. The molecule has 0 radical (unpaired) electrons. The Morgan fingerprint density at radius 3 is 2.65 bits per heavy atom. The van der Waals surface area contributed by atoms with E-state index in [1.54, 1.807) is 11.3 Å². The fourth-order valence-electron chi connectivity index (χ4n) is 1.76. The third-order valence-corrected chi connectivity index (χ3v) is 3.86. The maximum atomic E-state index is 4.28. The molecule has 0 spiro atoms. The molecule has 5 heteroatoms. The Balaban J connectivity index is 2.37. The number of hydrogen-bond acceptors (Lipinski definition) is 4. The summed E-state index contributed by atoms with van der Waals surface area (Å²) in [5.74, 6) is 1.82. The molecule has 0 unspecified atom stereocenters. The molecule has 2 aromatic rings. The number of hydrogen-bond donors (Lipinski definition) is 1. The van der Waals surface area contributed by atoms with Gasteiger partial charge in [-0.15, -0.1) is 21.5 Å². The molecule has 2 heterocycles. The van der Waals surface area contributed by atoms with Gasteiger partial charge in [0, 0.05) is 18.0 Å². The summed E-state index contributed by atoms with van der Waals surface area (Å²) in [5, 5.41) is 11.7. The van der Waals surface area contributed by atoms with Gasteiger partial charge in [0.25, 0.3) is 0 Å². The lowest BCUT2D eigenvalue weighted by atomic mass is 10.3. The van der Waals surface area contributed by atoms with E-state index in [0.717, 1.165) is 31.3 Å². The normalized spacial score (nSPS) is 10.8. The molecular weight excluding hydrogens is 232 g/mol. The van der Waals surface area contributed by atoms with E-state index in [0.29, 0.717) is 0 Å². The smallest absolute Gasteiger partial charge is 0.224 e. The maximum Gasteiger partial charge on any atom is 0.224 e. The van der Waals surface area contributed by atoms with Crippen molar-refractivity contribution in [3.05, 3.63) is 17.0 Å². The molecule has 17 heavy (non-hydrogen) atoms. The number of rotatable bonds is 5. The first kappa shape index (κ1) is 12.1. The van der Waals surface area contributed by atoms with Crippen LogP contribution in [0.1, 0.15) is 25.6 Å². The lowest BCUT2D eigenvalue weighted by Gasteiger charge is -2.06. The Kier molecular flexibility index (Phi) is 3.78. The van der Waals surface area contributed by atoms with Crippen LogP contribution in [-0.4, -0.2) is 21.3 Å². The number of nitrogens with zero attached hydrogens (tertiary/aromatic N) is 3. The second kappa shape index (κ2) is 5.31. The Labute approximate surface area is 106 Å². The monoisotopic (exact) mass is 250 g/mol. The molecule has 0 aliphatic carbocycles. The molecule has 0 bridgehead atoms. The number of aromatic nitrogens is 3. The number of anilines is 1. The fourth-order valence-corrected chi connectivity index (χ4v) is 2.70. The molecule has 0 aliphatic heterocycles. The van der Waals surface area contributed by atoms with Crippen LogP contribution in [0, 0.1) is 0 Å². The van der Waals surface area contributed by atoms with Gasteiger partial charge in [-0.2, -0.15) is 0 Å². The Morgan fingerprint density at radius 2 is 2.06 bits per heavy atom. The Bertz CT molecular complexity index is 486. The first-order valence-electron chi connectivity index (χ1n) is 6.06. The van der Waals surface area contributed by atoms with E-state index in [2.05, 4.69) is 53.0 Å². The quantitative estimate of drug-likeness (QED) is 0.887. The van der Waals surface area contributed by atoms with Gasteiger partial charge in [-0.25, -0.2) is 0 Å². The summed E-state index contributed by atoms with van der Waals surface area (Å²) in [4.78, 5) is 2.58. The van der Waals surface area contributed by atoms with Crippen molar-refractivity contribution in [2.45, 2.75) is 33.7 Å². The van der Waals surface area contributed by atoms with Crippen LogP contribution in [0.25, 0.3) is 10.7 Å². The zero-order chi connectivity index (χ0) is 12.3. The summed E-state index contributed by atoms with van der Waals surface area (Å²) in [6, 6.07) is 4.30. The summed E-state index contributed by atoms with van der Waals surface area (Å²) in [6.07, 6.45) is 1.07. The minimum absolute atomic E-state index is 0.858. The highest BCUT2D eigenvalue weighted by Gasteiger charge is 2.13. The molecule has 2 aromatic heterocycles. The van der Waals surface area contributed by atoms with Crippen LogP contribution in [0.2, 0.25) is 0 Å². The summed E-state index contributed by atoms with van der Waals surface area (Å²) < 4.78 is 2.12. The van der Waals surface area contributed by atoms with E-state index >= 15 is 0 Å². The van der Waals surface area contributed by atoms with Crippen LogP contribution in [-0.2, 0) is 13.0 Å². The molecule has 4 nitrogen and oxygen atoms in total. The molecule has 0 saturated carbocycles. The standard InChI is InChI=1S/C12H18N4S/c1-4-9-7-8-10(17-9)11-14-15-12(13-5-2)16(11)6-3/h7-8H,4-6H2,1-3H3,(H,13,15). The van der Waals surface area contributed by atoms with Gasteiger partial charge in [-0.05, 0) is 32.4 Å². The highest BCUT2D eigenvalue weighted by molar-refractivity contribution is 7.15. The van der Waals surface area contributed by atoms with Crippen LogP contribution in [0.3, 0.4) is 0 Å². The molecule has 92 valence electrons. The number of aryl methyl sites for hydroxylation is 1. The predicted molar refractivity (Wildman–Crippen MR) is 72.6 cm³/mol. The van der Waals surface area contributed by atoms with Crippen LogP contribution < -0.4 is 5.32 Å². The molecule has 0 aromatic carbocycles. The van der Waals surface area contributed by atoms with Crippen molar-refractivity contribution < 1.29 is 0 Å². The first-order valence-corrected chi connectivity index (χ1v) is 6.87. The summed E-state index contributed by atoms with van der Waals surface area (Å²) in [7, 11) is 0. The van der Waals surface area contributed by atoms with Crippen LogP contribution in [0.5, 0.6) is 0 Å². The summed E-state index contributed by atoms with van der Waals surface area (Å²) in [5.41, 5.74) is 0. The molecule has 0 fully saturated rings. The van der Waals surface area contributed by atoms with Crippen LogP contribution in [0.15, 0.2) is 12.1 Å². The van der Waals surface area contributed by atoms with Gasteiger partial charge in [0.05, 0.1) is 4.88 Å². The van der Waals surface area contributed by atoms with E-state index < -0.39 is 0 Å². The fraction of sp³-hybridized carbons (Fsp3) is 0.500. The van der Waals surface area contributed by atoms with Gasteiger partial charge in [0.2, 0.25) is 5.95 Å². The molecule has 0 amide bonds. The zero-order valence-corrected chi connectivity index (χ0v) is 11.3. The SMILES string of the molecule is CCNc1nnc(-c2ccc(CC)s2)n1CC. The largest absolute Gasteiger partial charge is 0.355 e. The van der Waals surface area contributed by atoms with Crippen molar-refractivity contribution in [2.75, 3.05) is 11.9 Å². The van der Waals surface area contributed by atoms with Crippen molar-refractivity contribution in [3.63, 3.8) is 0 Å². The average molecular weight is 250 g/mol. The second-order valence-electron chi connectivity index (χ2n) is 3.74. The van der Waals surface area contributed by atoms with Gasteiger partial charge in [-0.3, -0.25) is 4.57 Å². The highest BCUT2D eigenvalue weighted by atomic mass is 32.1. The topological polar surface area (TPSA) is 42.7 Å². The lowest BCUT2D eigenvalue weighted by Crippen LogP contribution is -2.06. The van der Waals surface area contributed by atoms with Crippen LogP contribution >= 0.6 is 11.3 Å². The third-order valence-electron chi connectivity index (χ3n) is 2.63. The molecule has 0 aliphatic rings. The van der Waals surface area contributed by atoms with Gasteiger partial charge in [0.1, 0.15) is 0 Å². The van der Waals surface area contributed by atoms with Crippen molar-refractivity contribution in [1.82, 2.24) is 14.8 Å². The van der Waals surface area contributed by atoms with Crippen molar-refractivity contribution in [3.8, 4) is 10.7 Å². The summed E-state index contributed by atoms with van der Waals surface area (Å²) >= 11 is 1.80. The van der Waals surface area contributed by atoms with Crippen molar-refractivity contribution in [2.24, 2.45) is 0 Å². The minimum atomic E-state index is 0.858. The zero-order valence-electron chi connectivity index (χ0n) is 10.5. The van der Waals surface area contributed by atoms with E-state index in [1.807, 2.05) is 0 Å². The minimum Gasteiger partial charge on any atom is -0.355 e. The van der Waals surface area contributed by atoms with E-state index in [-0.39, 0.29) is 0 Å². The van der Waals surface area contributed by atoms with E-state index in [4.69, 9.17) is 0 Å². The number of nitrogens with one attached hydrogen (secondary N) is 1. The van der Waals surface area contributed by atoms with Crippen molar-refractivity contribution in [1.29, 1.82) is 0 Å². The molecule has 0 atom stereocenters. The molecule has 2 rings (SSSR count). The van der Waals surface area contributed by atoms with Crippen molar-refractivity contribution >= 4 is 17.3 Å². The molecule has 0 saturated heterocycles. The Morgan fingerprint density at radius 1 is 1.24 bits per heavy atom. The van der Waals surface area contributed by atoms with Gasteiger partial charge >= 0.3 is 0 Å². The lowest BCUT2D eigenvalue weighted by molar-refractivity contribution is 0.771. The third kappa shape index (κ3) is 2.34. The van der Waals surface area contributed by atoms with E-state index in [9.17, 15) is 0 Å². The summed E-state index contributed by atoms with van der Waals surface area (Å²) in [6.45, 7) is 8.09. The van der Waals surface area contributed by atoms with Gasteiger partial charge in [-0.1, -0.05) is 6.92 Å². The van der Waals surface area contributed by atoms with Gasteiger partial charge in [0.15, 0.2) is 5.82 Å². The predicted octanol–water partition coefficient (Wildman–Crippen LogP) is 3.02.